The molecule has 0 bridgehead atoms. The summed E-state index contributed by atoms with van der Waals surface area (Å²) >= 11 is 6.37. The second kappa shape index (κ2) is 9.48. The van der Waals surface area contributed by atoms with Gasteiger partial charge >= 0.3 is 5.97 Å². The monoisotopic (exact) mass is 375 g/mol. The van der Waals surface area contributed by atoms with Crippen LogP contribution in [0, 0.1) is 17.2 Å². The minimum Gasteiger partial charge on any atom is -0.435 e. The number of allylic oxidation sites excluding steroid dienone is 1. The van der Waals surface area contributed by atoms with E-state index in [9.17, 15) is 10.1 Å². The van der Waals surface area contributed by atoms with Gasteiger partial charge in [0, 0.05) is 23.2 Å². The highest BCUT2D eigenvalue weighted by molar-refractivity contribution is 6.31. The van der Waals surface area contributed by atoms with Crippen LogP contribution < -0.4 is 5.73 Å². The lowest BCUT2D eigenvalue weighted by Crippen LogP contribution is -2.30. The summed E-state index contributed by atoms with van der Waals surface area (Å²) < 4.78 is 10.4. The first-order valence-electron chi connectivity index (χ1n) is 8.42. The van der Waals surface area contributed by atoms with Crippen molar-refractivity contribution in [1.29, 1.82) is 5.26 Å². The Hall–Kier alpha value is -2.20. The average Bonchev–Trinajstić information content (AvgIpc) is 2.64. The van der Waals surface area contributed by atoms with E-state index >= 15 is 0 Å². The molecule has 1 aliphatic rings. The van der Waals surface area contributed by atoms with Crippen molar-refractivity contribution in [2.24, 2.45) is 16.6 Å². The quantitative estimate of drug-likeness (QED) is 0.448. The molecule has 1 aromatic carbocycles. The maximum absolute atomic E-state index is 12.8. The van der Waals surface area contributed by atoms with E-state index in [1.807, 2.05) is 19.1 Å². The van der Waals surface area contributed by atoms with Gasteiger partial charge in [0.2, 0.25) is 0 Å². The Labute approximate surface area is 158 Å². The van der Waals surface area contributed by atoms with Crippen molar-refractivity contribution in [1.82, 2.24) is 0 Å². The van der Waals surface area contributed by atoms with Crippen molar-refractivity contribution in [2.75, 3.05) is 19.9 Å². The smallest absolute Gasteiger partial charge is 0.338 e. The minimum atomic E-state index is -0.599. The Kier molecular flexibility index (Phi) is 7.34. The molecule has 0 spiro atoms. The molecule has 0 aliphatic carbocycles. The molecule has 0 amide bonds. The molecule has 7 heteroatoms. The number of rotatable bonds is 7. The third-order valence-corrected chi connectivity index (χ3v) is 4.53. The normalized spacial score (nSPS) is 19.7. The van der Waals surface area contributed by atoms with Gasteiger partial charge in [-0.1, -0.05) is 36.7 Å². The number of ether oxygens (including phenoxy) is 2. The molecule has 138 valence electrons. The Bertz CT molecular complexity index is 768. The Morgan fingerprint density at radius 3 is 2.77 bits per heavy atom. The SMILES string of the molecule is CCC1=C(C(=O)OCOCCN)C(c2ccccc2Cl)C(C#N)C(C)=N1. The predicted molar refractivity (Wildman–Crippen MR) is 99.7 cm³/mol. The first kappa shape index (κ1) is 20.1. The molecular formula is C19H22ClN3O3. The van der Waals surface area contributed by atoms with Crippen LogP contribution in [0.5, 0.6) is 0 Å². The van der Waals surface area contributed by atoms with Gasteiger partial charge in [0.15, 0.2) is 6.79 Å². The van der Waals surface area contributed by atoms with Crippen LogP contribution in [-0.4, -0.2) is 31.6 Å². The second-order valence-corrected chi connectivity index (χ2v) is 6.23. The molecule has 6 nitrogen and oxygen atoms in total. The number of nitrogens with zero attached hydrogens (tertiary/aromatic N) is 2. The molecule has 1 heterocycles. The number of esters is 1. The molecule has 0 radical (unpaired) electrons. The number of hydrogen-bond acceptors (Lipinski definition) is 6. The molecule has 1 aliphatic heterocycles. The lowest BCUT2D eigenvalue weighted by Gasteiger charge is -2.30. The Morgan fingerprint density at radius 1 is 1.42 bits per heavy atom. The molecular weight excluding hydrogens is 354 g/mol. The Morgan fingerprint density at radius 2 is 2.15 bits per heavy atom. The Balaban J connectivity index is 2.47. The van der Waals surface area contributed by atoms with Gasteiger partial charge in [-0.15, -0.1) is 0 Å². The fourth-order valence-electron chi connectivity index (χ4n) is 2.99. The van der Waals surface area contributed by atoms with Gasteiger partial charge in [-0.2, -0.15) is 5.26 Å². The van der Waals surface area contributed by atoms with Crippen molar-refractivity contribution in [3.63, 3.8) is 0 Å². The average molecular weight is 376 g/mol. The van der Waals surface area contributed by atoms with Gasteiger partial charge in [0.1, 0.15) is 0 Å². The van der Waals surface area contributed by atoms with Gasteiger partial charge in [-0.3, -0.25) is 4.99 Å². The van der Waals surface area contributed by atoms with Crippen LogP contribution in [0.1, 0.15) is 31.7 Å². The summed E-state index contributed by atoms with van der Waals surface area (Å²) in [5.41, 5.74) is 7.67. The summed E-state index contributed by atoms with van der Waals surface area (Å²) in [7, 11) is 0. The molecule has 26 heavy (non-hydrogen) atoms. The van der Waals surface area contributed by atoms with E-state index in [2.05, 4.69) is 11.1 Å². The van der Waals surface area contributed by atoms with E-state index in [0.717, 1.165) is 0 Å². The van der Waals surface area contributed by atoms with Crippen molar-refractivity contribution in [3.05, 3.63) is 46.1 Å². The predicted octanol–water partition coefficient (Wildman–Crippen LogP) is 3.18. The minimum absolute atomic E-state index is 0.203. The first-order valence-corrected chi connectivity index (χ1v) is 8.80. The van der Waals surface area contributed by atoms with Crippen LogP contribution in [-0.2, 0) is 14.3 Å². The molecule has 0 aromatic heterocycles. The topological polar surface area (TPSA) is 97.7 Å². The first-order chi connectivity index (χ1) is 12.5. The maximum atomic E-state index is 12.8. The fraction of sp³-hybridized carbons (Fsp3) is 0.421. The summed E-state index contributed by atoms with van der Waals surface area (Å²) in [4.78, 5) is 17.3. The number of nitriles is 1. The number of halogens is 1. The molecule has 2 atom stereocenters. The zero-order valence-corrected chi connectivity index (χ0v) is 15.6. The zero-order chi connectivity index (χ0) is 19.1. The van der Waals surface area contributed by atoms with Crippen molar-refractivity contribution < 1.29 is 14.3 Å². The number of carbonyl (C=O) groups is 1. The number of nitrogens with two attached hydrogens (primary N) is 1. The number of aliphatic imine (C=N–C) groups is 1. The van der Waals surface area contributed by atoms with E-state index < -0.39 is 17.8 Å². The van der Waals surface area contributed by atoms with Crippen LogP contribution in [0.3, 0.4) is 0 Å². The van der Waals surface area contributed by atoms with Crippen LogP contribution >= 0.6 is 11.6 Å². The highest BCUT2D eigenvalue weighted by Gasteiger charge is 2.39. The zero-order valence-electron chi connectivity index (χ0n) is 14.9. The molecule has 2 unspecified atom stereocenters. The maximum Gasteiger partial charge on any atom is 0.338 e. The van der Waals surface area contributed by atoms with E-state index in [0.29, 0.717) is 47.1 Å². The second-order valence-electron chi connectivity index (χ2n) is 5.82. The lowest BCUT2D eigenvalue weighted by molar-refractivity contribution is -0.151. The van der Waals surface area contributed by atoms with Crippen molar-refractivity contribution in [2.45, 2.75) is 26.2 Å². The number of benzene rings is 1. The summed E-state index contributed by atoms with van der Waals surface area (Å²) in [5.74, 6) is -1.69. The highest BCUT2D eigenvalue weighted by Crippen LogP contribution is 2.42. The van der Waals surface area contributed by atoms with Crippen molar-refractivity contribution in [3.8, 4) is 6.07 Å². The van der Waals surface area contributed by atoms with Gasteiger partial charge in [0.25, 0.3) is 0 Å². The van der Waals surface area contributed by atoms with E-state index in [1.165, 1.54) is 0 Å². The highest BCUT2D eigenvalue weighted by atomic mass is 35.5. The molecule has 0 fully saturated rings. The summed E-state index contributed by atoms with van der Waals surface area (Å²) in [6.07, 6.45) is 0.532. The molecule has 2 N–H and O–H groups in total. The number of hydrogen-bond donors (Lipinski definition) is 1. The van der Waals surface area contributed by atoms with Crippen LogP contribution in [0.25, 0.3) is 0 Å². The lowest BCUT2D eigenvalue weighted by atomic mass is 9.76. The summed E-state index contributed by atoms with van der Waals surface area (Å²) in [6.45, 7) is 4.12. The van der Waals surface area contributed by atoms with Gasteiger partial charge in [-0.25, -0.2) is 4.79 Å². The van der Waals surface area contributed by atoms with Gasteiger partial charge < -0.3 is 15.2 Å². The largest absolute Gasteiger partial charge is 0.435 e. The third kappa shape index (κ3) is 4.31. The van der Waals surface area contributed by atoms with Crippen molar-refractivity contribution >= 4 is 23.3 Å². The van der Waals surface area contributed by atoms with Crippen LogP contribution in [0.15, 0.2) is 40.5 Å². The van der Waals surface area contributed by atoms with Crippen LogP contribution in [0.2, 0.25) is 5.02 Å². The fourth-order valence-corrected chi connectivity index (χ4v) is 3.24. The standard InChI is InChI=1S/C19H22ClN3O3/c1-3-16-18(19(24)26-11-25-9-8-21)17(14(10-22)12(2)23-16)13-6-4-5-7-15(13)20/h4-7,14,17H,3,8-9,11,21H2,1-2H3. The third-order valence-electron chi connectivity index (χ3n) is 4.19. The van der Waals surface area contributed by atoms with Gasteiger partial charge in [0.05, 0.1) is 29.9 Å². The molecule has 2 rings (SSSR count). The summed E-state index contributed by atoms with van der Waals surface area (Å²) in [6, 6.07) is 9.45. The molecule has 0 saturated heterocycles. The van der Waals surface area contributed by atoms with E-state index in [1.54, 1.807) is 19.1 Å². The summed E-state index contributed by atoms with van der Waals surface area (Å²) in [5, 5.41) is 10.2. The van der Waals surface area contributed by atoms with Gasteiger partial charge in [-0.05, 0) is 25.0 Å². The molecule has 1 aromatic rings. The van der Waals surface area contributed by atoms with Crippen LogP contribution in [0.4, 0.5) is 0 Å². The molecule has 0 saturated carbocycles. The van der Waals surface area contributed by atoms with E-state index in [4.69, 9.17) is 26.8 Å². The van der Waals surface area contributed by atoms with E-state index in [-0.39, 0.29) is 6.79 Å². The number of carbonyl (C=O) groups excluding carboxylic acids is 1.